The SMILES string of the molecule is Fc1cccc(CNCc2cc(Cl)c3c(c2)OCCO3)c1. The molecule has 0 spiro atoms. The minimum absolute atomic E-state index is 0.225. The molecule has 0 fully saturated rings. The molecule has 0 atom stereocenters. The van der Waals surface area contributed by atoms with E-state index in [0.717, 1.165) is 11.1 Å². The average molecular weight is 308 g/mol. The second-order valence-corrected chi connectivity index (χ2v) is 5.24. The van der Waals surface area contributed by atoms with Gasteiger partial charge in [0.05, 0.1) is 5.02 Å². The zero-order chi connectivity index (χ0) is 14.7. The highest BCUT2D eigenvalue weighted by Crippen LogP contribution is 2.38. The minimum atomic E-state index is -0.225. The van der Waals surface area contributed by atoms with Crippen LogP contribution in [0.4, 0.5) is 4.39 Å². The van der Waals surface area contributed by atoms with Crippen LogP contribution in [0.15, 0.2) is 36.4 Å². The lowest BCUT2D eigenvalue weighted by Gasteiger charge is -2.20. The van der Waals surface area contributed by atoms with Gasteiger partial charge < -0.3 is 14.8 Å². The number of halogens is 2. The van der Waals surface area contributed by atoms with Gasteiger partial charge in [0.25, 0.3) is 0 Å². The highest BCUT2D eigenvalue weighted by molar-refractivity contribution is 6.32. The van der Waals surface area contributed by atoms with E-state index >= 15 is 0 Å². The van der Waals surface area contributed by atoms with Crippen LogP contribution >= 0.6 is 11.6 Å². The smallest absolute Gasteiger partial charge is 0.179 e. The summed E-state index contributed by atoms with van der Waals surface area (Å²) < 4.78 is 24.1. The monoisotopic (exact) mass is 307 g/mol. The average Bonchev–Trinajstić information content (AvgIpc) is 2.47. The Balaban J connectivity index is 1.64. The van der Waals surface area contributed by atoms with Gasteiger partial charge in [0.15, 0.2) is 11.5 Å². The summed E-state index contributed by atoms with van der Waals surface area (Å²) in [6, 6.07) is 10.3. The second-order valence-electron chi connectivity index (χ2n) is 4.84. The summed E-state index contributed by atoms with van der Waals surface area (Å²) in [6.45, 7) is 2.25. The third-order valence-electron chi connectivity index (χ3n) is 3.20. The van der Waals surface area contributed by atoms with Crippen molar-refractivity contribution < 1.29 is 13.9 Å². The Kier molecular flexibility index (Phi) is 4.27. The predicted molar refractivity (Wildman–Crippen MR) is 79.4 cm³/mol. The molecule has 2 aromatic rings. The minimum Gasteiger partial charge on any atom is -0.486 e. The number of rotatable bonds is 4. The van der Waals surface area contributed by atoms with Crippen molar-refractivity contribution in [3.63, 3.8) is 0 Å². The Morgan fingerprint density at radius 3 is 2.71 bits per heavy atom. The number of ether oxygens (including phenoxy) is 2. The summed E-state index contributed by atoms with van der Waals surface area (Å²) in [5.41, 5.74) is 1.90. The maximum Gasteiger partial charge on any atom is 0.179 e. The molecule has 0 saturated heterocycles. The van der Waals surface area contributed by atoms with E-state index in [1.807, 2.05) is 18.2 Å². The highest BCUT2D eigenvalue weighted by atomic mass is 35.5. The van der Waals surface area contributed by atoms with Crippen LogP contribution in [0.3, 0.4) is 0 Å². The fraction of sp³-hybridized carbons (Fsp3) is 0.250. The summed E-state index contributed by atoms with van der Waals surface area (Å²) in [6.07, 6.45) is 0. The molecule has 110 valence electrons. The van der Waals surface area contributed by atoms with Gasteiger partial charge >= 0.3 is 0 Å². The number of benzene rings is 2. The molecule has 3 rings (SSSR count). The molecule has 1 N–H and O–H groups in total. The molecular formula is C16H15ClFNO2. The second kappa shape index (κ2) is 6.33. The number of hydrogen-bond acceptors (Lipinski definition) is 3. The zero-order valence-electron chi connectivity index (χ0n) is 11.4. The van der Waals surface area contributed by atoms with Crippen LogP contribution in [0.5, 0.6) is 11.5 Å². The Morgan fingerprint density at radius 2 is 1.86 bits per heavy atom. The summed E-state index contributed by atoms with van der Waals surface area (Å²) >= 11 is 6.18. The van der Waals surface area contributed by atoms with Crippen LogP contribution in [0.25, 0.3) is 0 Å². The molecule has 0 aliphatic carbocycles. The van der Waals surface area contributed by atoms with Gasteiger partial charge in [-0.05, 0) is 35.4 Å². The van der Waals surface area contributed by atoms with E-state index in [0.29, 0.717) is 42.8 Å². The predicted octanol–water partition coefficient (Wildman–Crippen LogP) is 3.54. The van der Waals surface area contributed by atoms with Crippen LogP contribution in [0, 0.1) is 5.82 Å². The molecule has 5 heteroatoms. The number of fused-ring (bicyclic) bond motifs is 1. The van der Waals surface area contributed by atoms with Gasteiger partial charge in [-0.25, -0.2) is 4.39 Å². The van der Waals surface area contributed by atoms with Crippen LogP contribution in [0.1, 0.15) is 11.1 Å². The molecule has 2 aromatic carbocycles. The quantitative estimate of drug-likeness (QED) is 0.937. The molecule has 3 nitrogen and oxygen atoms in total. The molecule has 0 aromatic heterocycles. The first-order valence-electron chi connectivity index (χ1n) is 6.75. The van der Waals surface area contributed by atoms with Gasteiger partial charge in [0.2, 0.25) is 0 Å². The Bertz CT molecular complexity index is 648. The largest absolute Gasteiger partial charge is 0.486 e. The first-order chi connectivity index (χ1) is 10.2. The number of nitrogens with one attached hydrogen (secondary N) is 1. The van der Waals surface area contributed by atoms with Gasteiger partial charge in [-0.2, -0.15) is 0 Å². The molecular weight excluding hydrogens is 293 g/mol. The molecule has 21 heavy (non-hydrogen) atoms. The summed E-state index contributed by atoms with van der Waals surface area (Å²) in [5, 5.41) is 3.81. The summed E-state index contributed by atoms with van der Waals surface area (Å²) in [7, 11) is 0. The molecule has 0 radical (unpaired) electrons. The van der Waals surface area contributed by atoms with Crippen LogP contribution in [-0.2, 0) is 13.1 Å². The van der Waals surface area contributed by atoms with Gasteiger partial charge in [-0.1, -0.05) is 23.7 Å². The van der Waals surface area contributed by atoms with E-state index in [2.05, 4.69) is 5.32 Å². The van der Waals surface area contributed by atoms with Crippen molar-refractivity contribution >= 4 is 11.6 Å². The fourth-order valence-electron chi connectivity index (χ4n) is 2.26. The molecule has 1 aliphatic rings. The Hall–Kier alpha value is -1.78. The van der Waals surface area contributed by atoms with E-state index in [9.17, 15) is 4.39 Å². The lowest BCUT2D eigenvalue weighted by Crippen LogP contribution is -2.17. The van der Waals surface area contributed by atoms with E-state index in [1.54, 1.807) is 6.07 Å². The highest BCUT2D eigenvalue weighted by Gasteiger charge is 2.16. The van der Waals surface area contributed by atoms with Crippen LogP contribution < -0.4 is 14.8 Å². The molecule has 0 unspecified atom stereocenters. The Morgan fingerprint density at radius 1 is 1.05 bits per heavy atom. The Labute approximate surface area is 127 Å². The van der Waals surface area contributed by atoms with Crippen molar-refractivity contribution in [1.29, 1.82) is 0 Å². The van der Waals surface area contributed by atoms with E-state index in [-0.39, 0.29) is 5.82 Å². The van der Waals surface area contributed by atoms with Gasteiger partial charge in [-0.3, -0.25) is 0 Å². The third-order valence-corrected chi connectivity index (χ3v) is 3.48. The van der Waals surface area contributed by atoms with Gasteiger partial charge in [0.1, 0.15) is 19.0 Å². The lowest BCUT2D eigenvalue weighted by molar-refractivity contribution is 0.171. The molecule has 0 amide bonds. The third kappa shape index (κ3) is 3.46. The van der Waals surface area contributed by atoms with Crippen molar-refractivity contribution in [3.8, 4) is 11.5 Å². The standard InChI is InChI=1S/C16H15ClFNO2/c17-14-7-12(8-15-16(14)21-5-4-20-15)10-19-9-11-2-1-3-13(18)6-11/h1-3,6-8,19H,4-5,9-10H2. The normalized spacial score (nSPS) is 13.2. The first kappa shape index (κ1) is 14.2. The van der Waals surface area contributed by atoms with Crippen LogP contribution in [-0.4, -0.2) is 13.2 Å². The van der Waals surface area contributed by atoms with Crippen molar-refractivity contribution in [2.75, 3.05) is 13.2 Å². The van der Waals surface area contributed by atoms with Crippen molar-refractivity contribution in [2.45, 2.75) is 13.1 Å². The number of hydrogen-bond donors (Lipinski definition) is 1. The van der Waals surface area contributed by atoms with E-state index in [1.165, 1.54) is 12.1 Å². The van der Waals surface area contributed by atoms with Crippen molar-refractivity contribution in [1.82, 2.24) is 5.32 Å². The van der Waals surface area contributed by atoms with E-state index in [4.69, 9.17) is 21.1 Å². The molecule has 0 saturated carbocycles. The first-order valence-corrected chi connectivity index (χ1v) is 7.13. The van der Waals surface area contributed by atoms with Gasteiger partial charge in [-0.15, -0.1) is 0 Å². The van der Waals surface area contributed by atoms with Gasteiger partial charge in [0, 0.05) is 13.1 Å². The zero-order valence-corrected chi connectivity index (χ0v) is 12.1. The van der Waals surface area contributed by atoms with E-state index < -0.39 is 0 Å². The molecule has 1 aliphatic heterocycles. The van der Waals surface area contributed by atoms with Crippen LogP contribution in [0.2, 0.25) is 5.02 Å². The summed E-state index contributed by atoms with van der Waals surface area (Å²) in [5.74, 6) is 1.06. The molecule has 0 bridgehead atoms. The maximum absolute atomic E-state index is 13.1. The fourth-order valence-corrected chi connectivity index (χ4v) is 2.55. The molecule has 1 heterocycles. The maximum atomic E-state index is 13.1. The lowest BCUT2D eigenvalue weighted by atomic mass is 10.1. The topological polar surface area (TPSA) is 30.5 Å². The summed E-state index contributed by atoms with van der Waals surface area (Å²) in [4.78, 5) is 0. The van der Waals surface area contributed by atoms with Crippen molar-refractivity contribution in [2.24, 2.45) is 0 Å². The van der Waals surface area contributed by atoms with Crippen molar-refractivity contribution in [3.05, 3.63) is 58.4 Å².